The molecule has 0 bridgehead atoms. The highest BCUT2D eigenvalue weighted by Gasteiger charge is 2.46. The molecule has 2 atom stereocenters. The number of ether oxygens (including phenoxy) is 1. The summed E-state index contributed by atoms with van der Waals surface area (Å²) in [6.45, 7) is 0.796. The number of hydrogen-bond acceptors (Lipinski definition) is 4. The van der Waals surface area contributed by atoms with Gasteiger partial charge in [0.15, 0.2) is 9.84 Å². The van der Waals surface area contributed by atoms with Gasteiger partial charge in [0.05, 0.1) is 36.2 Å². The number of sulfone groups is 1. The first kappa shape index (κ1) is 17.2. The summed E-state index contributed by atoms with van der Waals surface area (Å²) in [4.78, 5) is 15.3. The van der Waals surface area contributed by atoms with E-state index in [-0.39, 0.29) is 17.4 Å². The van der Waals surface area contributed by atoms with Crippen LogP contribution in [0.15, 0.2) is 60.7 Å². The molecule has 0 saturated carbocycles. The van der Waals surface area contributed by atoms with Gasteiger partial charge in [-0.05, 0) is 11.1 Å². The molecule has 2 aliphatic heterocycles. The molecule has 5 nitrogen and oxygen atoms in total. The second-order valence-electron chi connectivity index (χ2n) is 6.84. The van der Waals surface area contributed by atoms with Gasteiger partial charge in [-0.15, -0.1) is 0 Å². The van der Waals surface area contributed by atoms with Crippen molar-refractivity contribution in [2.24, 2.45) is 0 Å². The predicted octanol–water partition coefficient (Wildman–Crippen LogP) is 1.84. The molecule has 0 radical (unpaired) electrons. The number of amides is 1. The average Bonchev–Trinajstić information content (AvgIpc) is 2.97. The number of fused-ring (bicyclic) bond motifs is 1. The molecule has 0 aliphatic carbocycles. The first-order valence-corrected chi connectivity index (χ1v) is 10.6. The van der Waals surface area contributed by atoms with Crippen molar-refractivity contribution in [3.8, 4) is 0 Å². The van der Waals surface area contributed by atoms with Crippen LogP contribution < -0.4 is 0 Å². The molecule has 2 aliphatic rings. The lowest BCUT2D eigenvalue weighted by atomic mass is 9.89. The molecular formula is C20H21NO4S. The predicted molar refractivity (Wildman–Crippen MR) is 98.6 cm³/mol. The fourth-order valence-electron chi connectivity index (χ4n) is 3.92. The zero-order valence-corrected chi connectivity index (χ0v) is 15.1. The van der Waals surface area contributed by atoms with Crippen LogP contribution in [-0.4, -0.2) is 56.0 Å². The topological polar surface area (TPSA) is 63.7 Å². The molecule has 26 heavy (non-hydrogen) atoms. The van der Waals surface area contributed by atoms with E-state index < -0.39 is 27.9 Å². The summed E-state index contributed by atoms with van der Waals surface area (Å²) >= 11 is 0. The van der Waals surface area contributed by atoms with Gasteiger partial charge >= 0.3 is 0 Å². The molecule has 1 amide bonds. The monoisotopic (exact) mass is 371 g/mol. The van der Waals surface area contributed by atoms with Crippen LogP contribution >= 0.6 is 0 Å². The highest BCUT2D eigenvalue weighted by molar-refractivity contribution is 7.91. The molecule has 136 valence electrons. The summed E-state index contributed by atoms with van der Waals surface area (Å²) in [7, 11) is -3.17. The summed E-state index contributed by atoms with van der Waals surface area (Å²) in [5, 5.41) is 0. The van der Waals surface area contributed by atoms with Gasteiger partial charge in [0.25, 0.3) is 0 Å². The third-order valence-corrected chi connectivity index (χ3v) is 6.82. The number of rotatable bonds is 3. The van der Waals surface area contributed by atoms with E-state index >= 15 is 0 Å². The van der Waals surface area contributed by atoms with Gasteiger partial charge in [-0.1, -0.05) is 60.7 Å². The summed E-state index contributed by atoms with van der Waals surface area (Å²) < 4.78 is 29.7. The lowest BCUT2D eigenvalue weighted by molar-refractivity contribution is -0.143. The number of nitrogens with zero attached hydrogens (tertiary/aromatic N) is 1. The maximum atomic E-state index is 13.5. The van der Waals surface area contributed by atoms with E-state index in [0.717, 1.165) is 11.1 Å². The van der Waals surface area contributed by atoms with Crippen LogP contribution in [-0.2, 0) is 19.4 Å². The standard InChI is InChI=1S/C20H21NO4S/c22-20(21-11-12-25-18-14-26(23,24)13-17(18)21)19(15-7-3-1-4-8-15)16-9-5-2-6-10-16/h1-10,17-19H,11-14H2. The van der Waals surface area contributed by atoms with Crippen LogP contribution in [0, 0.1) is 0 Å². The van der Waals surface area contributed by atoms with Gasteiger partial charge in [0, 0.05) is 6.54 Å². The Balaban J connectivity index is 1.71. The summed E-state index contributed by atoms with van der Waals surface area (Å²) in [5.41, 5.74) is 1.82. The largest absolute Gasteiger partial charge is 0.373 e. The Kier molecular flexibility index (Phi) is 4.54. The van der Waals surface area contributed by atoms with Gasteiger partial charge in [0.1, 0.15) is 0 Å². The molecule has 2 unspecified atom stereocenters. The Bertz CT molecular complexity index is 843. The molecule has 2 saturated heterocycles. The minimum absolute atomic E-state index is 0.00277. The van der Waals surface area contributed by atoms with Crippen LogP contribution in [0.2, 0.25) is 0 Å². The van der Waals surface area contributed by atoms with Crippen LogP contribution in [0.3, 0.4) is 0 Å². The van der Waals surface area contributed by atoms with Crippen molar-refractivity contribution < 1.29 is 17.9 Å². The first-order chi connectivity index (χ1) is 12.6. The van der Waals surface area contributed by atoms with E-state index in [1.54, 1.807) is 4.90 Å². The van der Waals surface area contributed by atoms with E-state index in [1.807, 2.05) is 60.7 Å². The van der Waals surface area contributed by atoms with Gasteiger partial charge in [-0.2, -0.15) is 0 Å². The Morgan fingerprint density at radius 1 is 0.962 bits per heavy atom. The summed E-state index contributed by atoms with van der Waals surface area (Å²) in [5.74, 6) is -0.514. The van der Waals surface area contributed by atoms with Crippen molar-refractivity contribution in [1.29, 1.82) is 0 Å². The molecule has 2 heterocycles. The van der Waals surface area contributed by atoms with Gasteiger partial charge in [-0.3, -0.25) is 4.79 Å². The van der Waals surface area contributed by atoms with Crippen molar-refractivity contribution in [2.45, 2.75) is 18.1 Å². The maximum Gasteiger partial charge on any atom is 0.235 e. The quantitative estimate of drug-likeness (QED) is 0.826. The SMILES string of the molecule is O=C(C(c1ccccc1)c1ccccc1)N1CCOC2CS(=O)(=O)CC21. The number of benzene rings is 2. The highest BCUT2D eigenvalue weighted by atomic mass is 32.2. The van der Waals surface area contributed by atoms with E-state index in [1.165, 1.54) is 0 Å². The zero-order valence-electron chi connectivity index (χ0n) is 14.3. The molecule has 0 N–H and O–H groups in total. The molecule has 0 aromatic heterocycles. The van der Waals surface area contributed by atoms with E-state index in [0.29, 0.717) is 13.2 Å². The summed E-state index contributed by atoms with van der Waals surface area (Å²) in [6.07, 6.45) is -0.412. The second-order valence-corrected chi connectivity index (χ2v) is 8.99. The first-order valence-electron chi connectivity index (χ1n) is 8.77. The fourth-order valence-corrected chi connectivity index (χ4v) is 5.79. The van der Waals surface area contributed by atoms with Gasteiger partial charge in [-0.25, -0.2) is 8.42 Å². The zero-order chi connectivity index (χ0) is 18.1. The minimum Gasteiger partial charge on any atom is -0.373 e. The van der Waals surface area contributed by atoms with Crippen molar-refractivity contribution in [3.05, 3.63) is 71.8 Å². The Morgan fingerprint density at radius 2 is 1.54 bits per heavy atom. The fraction of sp³-hybridized carbons (Fsp3) is 0.350. The van der Waals surface area contributed by atoms with Crippen molar-refractivity contribution >= 4 is 15.7 Å². The average molecular weight is 371 g/mol. The third-order valence-electron chi connectivity index (χ3n) is 5.13. The second kappa shape index (κ2) is 6.85. The van der Waals surface area contributed by atoms with Crippen molar-refractivity contribution in [1.82, 2.24) is 4.90 Å². The van der Waals surface area contributed by atoms with Crippen LogP contribution in [0.5, 0.6) is 0 Å². The van der Waals surface area contributed by atoms with Crippen LogP contribution in [0.25, 0.3) is 0 Å². The van der Waals surface area contributed by atoms with E-state index in [2.05, 4.69) is 0 Å². The molecule has 2 aromatic rings. The number of hydrogen-bond donors (Lipinski definition) is 0. The number of morpholine rings is 1. The Hall–Kier alpha value is -2.18. The van der Waals surface area contributed by atoms with Crippen LogP contribution in [0.1, 0.15) is 17.0 Å². The molecule has 4 rings (SSSR count). The highest BCUT2D eigenvalue weighted by Crippen LogP contribution is 2.31. The van der Waals surface area contributed by atoms with Crippen LogP contribution in [0.4, 0.5) is 0 Å². The van der Waals surface area contributed by atoms with E-state index in [4.69, 9.17) is 4.74 Å². The number of carbonyl (C=O) groups excluding carboxylic acids is 1. The maximum absolute atomic E-state index is 13.5. The Labute approximate surface area is 153 Å². The van der Waals surface area contributed by atoms with Gasteiger partial charge < -0.3 is 9.64 Å². The molecular weight excluding hydrogens is 350 g/mol. The molecule has 0 spiro atoms. The lowest BCUT2D eigenvalue weighted by Crippen LogP contribution is -2.54. The smallest absolute Gasteiger partial charge is 0.235 e. The third kappa shape index (κ3) is 3.27. The molecule has 6 heteroatoms. The Morgan fingerprint density at radius 3 is 2.12 bits per heavy atom. The minimum atomic E-state index is -3.17. The normalized spacial score (nSPS) is 24.4. The van der Waals surface area contributed by atoms with Crippen molar-refractivity contribution in [2.75, 3.05) is 24.7 Å². The number of carbonyl (C=O) groups is 1. The molecule has 2 aromatic carbocycles. The van der Waals surface area contributed by atoms with E-state index in [9.17, 15) is 13.2 Å². The van der Waals surface area contributed by atoms with Gasteiger partial charge in [0.2, 0.25) is 5.91 Å². The summed E-state index contributed by atoms with van der Waals surface area (Å²) in [6, 6.07) is 18.9. The molecule has 2 fully saturated rings. The van der Waals surface area contributed by atoms with Crippen molar-refractivity contribution in [3.63, 3.8) is 0 Å². The lowest BCUT2D eigenvalue weighted by Gasteiger charge is -2.38.